The first-order valence-electron chi connectivity index (χ1n) is 5.35. The molecule has 1 aromatic heterocycles. The molecule has 0 amide bonds. The van der Waals surface area contributed by atoms with Crippen LogP contribution in [0.4, 0.5) is 5.82 Å². The Bertz CT molecular complexity index is 305. The van der Waals surface area contributed by atoms with E-state index in [-0.39, 0.29) is 5.41 Å². The zero-order chi connectivity index (χ0) is 11.3. The number of rotatable bonds is 4. The van der Waals surface area contributed by atoms with Gasteiger partial charge in [-0.1, -0.05) is 26.8 Å². The minimum atomic E-state index is 0.253. The van der Waals surface area contributed by atoms with E-state index in [1.165, 1.54) is 0 Å². The predicted octanol–water partition coefficient (Wildman–Crippen LogP) is 2.94. The van der Waals surface area contributed by atoms with Crippen molar-refractivity contribution in [2.45, 2.75) is 27.7 Å². The molecule has 0 saturated carbocycles. The highest BCUT2D eigenvalue weighted by atomic mass is 16.5. The molecule has 15 heavy (non-hydrogen) atoms. The Labute approximate surface area is 91.9 Å². The second-order valence-electron chi connectivity index (χ2n) is 4.71. The van der Waals surface area contributed by atoms with Crippen LogP contribution in [0.25, 0.3) is 0 Å². The standard InChI is InChI=1S/C12H20N2O/c1-5-15-11-8-6-7-10(14-11)13-9-12(2,3)4/h6-8H,5,9H2,1-4H3,(H,13,14). The molecule has 1 N–H and O–H groups in total. The van der Waals surface area contributed by atoms with E-state index in [9.17, 15) is 0 Å². The Morgan fingerprint density at radius 1 is 1.33 bits per heavy atom. The second kappa shape index (κ2) is 5.01. The summed E-state index contributed by atoms with van der Waals surface area (Å²) in [7, 11) is 0. The van der Waals surface area contributed by atoms with Gasteiger partial charge >= 0.3 is 0 Å². The summed E-state index contributed by atoms with van der Waals surface area (Å²) < 4.78 is 5.33. The fraction of sp³-hybridized carbons (Fsp3) is 0.583. The lowest BCUT2D eigenvalue weighted by Gasteiger charge is -2.19. The lowest BCUT2D eigenvalue weighted by Crippen LogP contribution is -2.19. The molecule has 0 spiro atoms. The quantitative estimate of drug-likeness (QED) is 0.826. The molecule has 0 bridgehead atoms. The molecule has 0 aromatic carbocycles. The first-order valence-corrected chi connectivity index (χ1v) is 5.35. The molecule has 3 nitrogen and oxygen atoms in total. The van der Waals surface area contributed by atoms with Crippen molar-refractivity contribution in [3.63, 3.8) is 0 Å². The first-order chi connectivity index (χ1) is 7.01. The molecule has 0 aliphatic carbocycles. The van der Waals surface area contributed by atoms with E-state index < -0.39 is 0 Å². The van der Waals surface area contributed by atoms with Crippen molar-refractivity contribution in [1.82, 2.24) is 4.98 Å². The van der Waals surface area contributed by atoms with Gasteiger partial charge in [0.2, 0.25) is 5.88 Å². The van der Waals surface area contributed by atoms with Gasteiger partial charge in [-0.25, -0.2) is 0 Å². The maximum absolute atomic E-state index is 5.33. The van der Waals surface area contributed by atoms with Crippen molar-refractivity contribution in [1.29, 1.82) is 0 Å². The van der Waals surface area contributed by atoms with Crippen molar-refractivity contribution in [2.24, 2.45) is 5.41 Å². The molecule has 0 saturated heterocycles. The zero-order valence-corrected chi connectivity index (χ0v) is 10.0. The van der Waals surface area contributed by atoms with Crippen molar-refractivity contribution >= 4 is 5.82 Å². The zero-order valence-electron chi connectivity index (χ0n) is 10.0. The van der Waals surface area contributed by atoms with Crippen LogP contribution in [0.1, 0.15) is 27.7 Å². The van der Waals surface area contributed by atoms with E-state index in [4.69, 9.17) is 4.74 Å². The highest BCUT2D eigenvalue weighted by Crippen LogP contribution is 2.16. The summed E-state index contributed by atoms with van der Waals surface area (Å²) in [5.74, 6) is 1.55. The third-order valence-electron chi connectivity index (χ3n) is 1.82. The summed E-state index contributed by atoms with van der Waals surface area (Å²) >= 11 is 0. The largest absolute Gasteiger partial charge is 0.478 e. The molecule has 0 aliphatic heterocycles. The summed E-state index contributed by atoms with van der Waals surface area (Å²) in [6.45, 7) is 10.1. The average molecular weight is 208 g/mol. The second-order valence-corrected chi connectivity index (χ2v) is 4.71. The van der Waals surface area contributed by atoms with E-state index in [1.807, 2.05) is 25.1 Å². The Morgan fingerprint density at radius 3 is 2.67 bits per heavy atom. The average Bonchev–Trinajstić information content (AvgIpc) is 2.15. The normalized spacial score (nSPS) is 11.2. The Morgan fingerprint density at radius 2 is 2.07 bits per heavy atom. The van der Waals surface area contributed by atoms with Crippen molar-refractivity contribution in [2.75, 3.05) is 18.5 Å². The number of aromatic nitrogens is 1. The molecule has 1 rings (SSSR count). The minimum Gasteiger partial charge on any atom is -0.478 e. The molecule has 1 aromatic rings. The van der Waals surface area contributed by atoms with Crippen LogP contribution in [0.2, 0.25) is 0 Å². The van der Waals surface area contributed by atoms with Crippen molar-refractivity contribution < 1.29 is 4.74 Å². The topological polar surface area (TPSA) is 34.1 Å². The number of anilines is 1. The van der Waals surface area contributed by atoms with Crippen LogP contribution < -0.4 is 10.1 Å². The number of ether oxygens (including phenoxy) is 1. The highest BCUT2D eigenvalue weighted by Gasteiger charge is 2.09. The Hall–Kier alpha value is -1.25. The van der Waals surface area contributed by atoms with Crippen LogP contribution in [-0.2, 0) is 0 Å². The van der Waals surface area contributed by atoms with E-state index in [0.29, 0.717) is 12.5 Å². The molecule has 0 radical (unpaired) electrons. The van der Waals surface area contributed by atoms with E-state index in [0.717, 1.165) is 12.4 Å². The van der Waals surface area contributed by atoms with E-state index in [1.54, 1.807) is 0 Å². The minimum absolute atomic E-state index is 0.253. The molecule has 1 heterocycles. The molecule has 0 aliphatic rings. The molecule has 0 unspecified atom stereocenters. The smallest absolute Gasteiger partial charge is 0.215 e. The van der Waals surface area contributed by atoms with Gasteiger partial charge in [0.15, 0.2) is 0 Å². The van der Waals surface area contributed by atoms with Gasteiger partial charge < -0.3 is 10.1 Å². The maximum atomic E-state index is 5.33. The van der Waals surface area contributed by atoms with Crippen LogP contribution in [0.15, 0.2) is 18.2 Å². The van der Waals surface area contributed by atoms with Crippen LogP contribution in [0, 0.1) is 5.41 Å². The first kappa shape index (κ1) is 11.8. The van der Waals surface area contributed by atoms with Crippen LogP contribution in [0.5, 0.6) is 5.88 Å². The molecular weight excluding hydrogens is 188 g/mol. The Balaban J connectivity index is 2.57. The van der Waals surface area contributed by atoms with Gasteiger partial charge in [0, 0.05) is 12.6 Å². The van der Waals surface area contributed by atoms with Crippen molar-refractivity contribution in [3.05, 3.63) is 18.2 Å². The third kappa shape index (κ3) is 4.68. The highest BCUT2D eigenvalue weighted by molar-refractivity contribution is 5.37. The van der Waals surface area contributed by atoms with Gasteiger partial charge in [-0.3, -0.25) is 0 Å². The van der Waals surface area contributed by atoms with Crippen LogP contribution >= 0.6 is 0 Å². The lowest BCUT2D eigenvalue weighted by molar-refractivity contribution is 0.327. The fourth-order valence-electron chi connectivity index (χ4n) is 1.10. The summed E-state index contributed by atoms with van der Waals surface area (Å²) in [6.07, 6.45) is 0. The number of pyridine rings is 1. The number of hydrogen-bond donors (Lipinski definition) is 1. The van der Waals surface area contributed by atoms with Gasteiger partial charge in [0.1, 0.15) is 5.82 Å². The summed E-state index contributed by atoms with van der Waals surface area (Å²) in [5, 5.41) is 3.29. The molecule has 84 valence electrons. The number of hydrogen-bond acceptors (Lipinski definition) is 3. The van der Waals surface area contributed by atoms with Gasteiger partial charge in [0.25, 0.3) is 0 Å². The Kier molecular flexibility index (Phi) is 3.95. The summed E-state index contributed by atoms with van der Waals surface area (Å²) in [4.78, 5) is 4.33. The monoisotopic (exact) mass is 208 g/mol. The van der Waals surface area contributed by atoms with E-state index in [2.05, 4.69) is 31.1 Å². The van der Waals surface area contributed by atoms with Crippen LogP contribution in [0.3, 0.4) is 0 Å². The number of nitrogens with one attached hydrogen (secondary N) is 1. The molecule has 3 heteroatoms. The fourth-order valence-corrected chi connectivity index (χ4v) is 1.10. The van der Waals surface area contributed by atoms with Gasteiger partial charge in [-0.2, -0.15) is 4.98 Å². The number of nitrogens with zero attached hydrogens (tertiary/aromatic N) is 1. The predicted molar refractivity (Wildman–Crippen MR) is 63.4 cm³/mol. The summed E-state index contributed by atoms with van der Waals surface area (Å²) in [6, 6.07) is 5.77. The SMILES string of the molecule is CCOc1cccc(NCC(C)(C)C)n1. The summed E-state index contributed by atoms with van der Waals surface area (Å²) in [5.41, 5.74) is 0.253. The van der Waals surface area contributed by atoms with Crippen molar-refractivity contribution in [3.8, 4) is 5.88 Å². The molecular formula is C12H20N2O. The van der Waals surface area contributed by atoms with Gasteiger partial charge in [-0.15, -0.1) is 0 Å². The van der Waals surface area contributed by atoms with Gasteiger partial charge in [0.05, 0.1) is 6.61 Å². The van der Waals surface area contributed by atoms with Gasteiger partial charge in [-0.05, 0) is 18.4 Å². The maximum Gasteiger partial charge on any atom is 0.215 e. The third-order valence-corrected chi connectivity index (χ3v) is 1.82. The molecule has 0 fully saturated rings. The lowest BCUT2D eigenvalue weighted by atomic mass is 9.97. The van der Waals surface area contributed by atoms with Crippen LogP contribution in [-0.4, -0.2) is 18.1 Å². The van der Waals surface area contributed by atoms with E-state index >= 15 is 0 Å². The molecule has 0 atom stereocenters.